The molecule has 0 aliphatic rings. The molecular formula is C13H21N. The molecule has 1 heteroatoms. The van der Waals surface area contributed by atoms with Gasteiger partial charge in [-0.3, -0.25) is 0 Å². The highest BCUT2D eigenvalue weighted by molar-refractivity contribution is 5.24. The third-order valence-electron chi connectivity index (χ3n) is 2.16. The zero-order valence-electron chi connectivity index (χ0n) is 9.51. The van der Waals surface area contributed by atoms with E-state index in [-0.39, 0.29) is 0 Å². The van der Waals surface area contributed by atoms with Crippen molar-refractivity contribution in [3.05, 3.63) is 35.4 Å². The summed E-state index contributed by atoms with van der Waals surface area (Å²) in [5.74, 6) is 0. The van der Waals surface area contributed by atoms with Crippen molar-refractivity contribution in [1.29, 1.82) is 0 Å². The van der Waals surface area contributed by atoms with E-state index >= 15 is 0 Å². The van der Waals surface area contributed by atoms with Gasteiger partial charge in [-0.25, -0.2) is 0 Å². The van der Waals surface area contributed by atoms with Crippen LogP contribution in [0.3, 0.4) is 0 Å². The molecule has 0 radical (unpaired) electrons. The van der Waals surface area contributed by atoms with Crippen LogP contribution in [0.1, 0.15) is 31.9 Å². The average Bonchev–Trinajstić information content (AvgIpc) is 2.02. The molecule has 0 unspecified atom stereocenters. The number of hydrogen-bond acceptors (Lipinski definition) is 1. The van der Waals surface area contributed by atoms with Crippen LogP contribution in [-0.4, -0.2) is 6.54 Å². The van der Waals surface area contributed by atoms with Crippen molar-refractivity contribution in [2.75, 3.05) is 6.54 Å². The first-order chi connectivity index (χ1) is 6.51. The highest BCUT2D eigenvalue weighted by atomic mass is 14.5. The van der Waals surface area contributed by atoms with Crippen molar-refractivity contribution >= 4 is 0 Å². The number of benzene rings is 1. The quantitative estimate of drug-likeness (QED) is 0.781. The molecule has 0 aliphatic carbocycles. The third-order valence-corrected chi connectivity index (χ3v) is 2.16. The minimum absolute atomic E-state index is 0.362. The van der Waals surface area contributed by atoms with Gasteiger partial charge in [-0.1, -0.05) is 45.0 Å². The first-order valence-corrected chi connectivity index (χ1v) is 5.29. The maximum atomic E-state index is 5.54. The minimum atomic E-state index is 0.362. The standard InChI is InChI=1S/C13H21N/c1-13(2,3)10-12-6-4-5-11(9-12)7-8-14/h4-6,9H,7-8,10,14H2,1-3H3. The zero-order chi connectivity index (χ0) is 10.6. The minimum Gasteiger partial charge on any atom is -0.330 e. The Kier molecular flexibility index (Phi) is 3.70. The molecule has 2 N–H and O–H groups in total. The van der Waals surface area contributed by atoms with Crippen LogP contribution in [0.15, 0.2) is 24.3 Å². The molecule has 1 nitrogen and oxygen atoms in total. The van der Waals surface area contributed by atoms with Crippen molar-refractivity contribution in [2.24, 2.45) is 11.1 Å². The Morgan fingerprint density at radius 3 is 2.36 bits per heavy atom. The molecule has 14 heavy (non-hydrogen) atoms. The largest absolute Gasteiger partial charge is 0.330 e. The molecule has 0 heterocycles. The summed E-state index contributed by atoms with van der Waals surface area (Å²) in [6.07, 6.45) is 2.11. The summed E-state index contributed by atoms with van der Waals surface area (Å²) in [6, 6.07) is 8.76. The highest BCUT2D eigenvalue weighted by Gasteiger charge is 2.10. The molecule has 0 saturated heterocycles. The van der Waals surface area contributed by atoms with Crippen molar-refractivity contribution in [3.63, 3.8) is 0 Å². The molecule has 78 valence electrons. The molecule has 0 aromatic heterocycles. The van der Waals surface area contributed by atoms with Gasteiger partial charge in [-0.15, -0.1) is 0 Å². The molecule has 0 saturated carbocycles. The Bertz CT molecular complexity index is 284. The molecule has 1 aromatic rings. The molecule has 0 fully saturated rings. The van der Waals surface area contributed by atoms with Gasteiger partial charge >= 0.3 is 0 Å². The van der Waals surface area contributed by atoms with E-state index in [1.165, 1.54) is 11.1 Å². The summed E-state index contributed by atoms with van der Waals surface area (Å²) >= 11 is 0. The van der Waals surface area contributed by atoms with E-state index in [0.29, 0.717) is 5.41 Å². The van der Waals surface area contributed by atoms with Crippen LogP contribution in [0.5, 0.6) is 0 Å². The van der Waals surface area contributed by atoms with E-state index in [1.54, 1.807) is 0 Å². The maximum absolute atomic E-state index is 5.54. The van der Waals surface area contributed by atoms with Crippen LogP contribution in [-0.2, 0) is 12.8 Å². The molecular weight excluding hydrogens is 170 g/mol. The van der Waals surface area contributed by atoms with Crippen LogP contribution in [0.2, 0.25) is 0 Å². The Hall–Kier alpha value is -0.820. The van der Waals surface area contributed by atoms with Gasteiger partial charge in [-0.2, -0.15) is 0 Å². The molecule has 0 amide bonds. The summed E-state index contributed by atoms with van der Waals surface area (Å²) < 4.78 is 0. The first kappa shape index (κ1) is 11.3. The van der Waals surface area contributed by atoms with Crippen LogP contribution < -0.4 is 5.73 Å². The van der Waals surface area contributed by atoms with E-state index in [2.05, 4.69) is 45.0 Å². The summed E-state index contributed by atoms with van der Waals surface area (Å²) in [4.78, 5) is 0. The first-order valence-electron chi connectivity index (χ1n) is 5.29. The van der Waals surface area contributed by atoms with Crippen LogP contribution >= 0.6 is 0 Å². The van der Waals surface area contributed by atoms with Crippen LogP contribution in [0.4, 0.5) is 0 Å². The molecule has 1 aromatic carbocycles. The van der Waals surface area contributed by atoms with Crippen molar-refractivity contribution in [2.45, 2.75) is 33.6 Å². The lowest BCUT2D eigenvalue weighted by Crippen LogP contribution is -2.09. The summed E-state index contributed by atoms with van der Waals surface area (Å²) in [6.45, 7) is 7.53. The predicted octanol–water partition coefficient (Wildman–Crippen LogP) is 2.78. The Morgan fingerprint density at radius 1 is 1.14 bits per heavy atom. The topological polar surface area (TPSA) is 26.0 Å². The highest BCUT2D eigenvalue weighted by Crippen LogP contribution is 2.21. The average molecular weight is 191 g/mol. The van der Waals surface area contributed by atoms with Gasteiger partial charge < -0.3 is 5.73 Å². The van der Waals surface area contributed by atoms with E-state index in [9.17, 15) is 0 Å². The van der Waals surface area contributed by atoms with E-state index < -0.39 is 0 Å². The number of hydrogen-bond donors (Lipinski definition) is 1. The molecule has 0 spiro atoms. The lowest BCUT2D eigenvalue weighted by atomic mass is 9.87. The molecule has 1 rings (SSSR count). The van der Waals surface area contributed by atoms with Crippen molar-refractivity contribution < 1.29 is 0 Å². The lowest BCUT2D eigenvalue weighted by molar-refractivity contribution is 0.411. The fraction of sp³-hybridized carbons (Fsp3) is 0.538. The number of nitrogens with two attached hydrogens (primary N) is 1. The molecule has 0 aliphatic heterocycles. The van der Waals surface area contributed by atoms with Gasteiger partial charge in [0.25, 0.3) is 0 Å². The van der Waals surface area contributed by atoms with Crippen molar-refractivity contribution in [3.8, 4) is 0 Å². The molecule has 0 bridgehead atoms. The van der Waals surface area contributed by atoms with E-state index in [1.807, 2.05) is 0 Å². The fourth-order valence-electron chi connectivity index (χ4n) is 1.67. The fourth-order valence-corrected chi connectivity index (χ4v) is 1.67. The van der Waals surface area contributed by atoms with Gasteiger partial charge in [0.2, 0.25) is 0 Å². The SMILES string of the molecule is CC(C)(C)Cc1cccc(CCN)c1. The second-order valence-electron chi connectivity index (χ2n) is 5.10. The third kappa shape index (κ3) is 3.93. The molecule has 0 atom stereocenters. The van der Waals surface area contributed by atoms with Gasteiger partial charge in [-0.05, 0) is 35.9 Å². The van der Waals surface area contributed by atoms with E-state index in [0.717, 1.165) is 19.4 Å². The van der Waals surface area contributed by atoms with Gasteiger partial charge in [0.05, 0.1) is 0 Å². The maximum Gasteiger partial charge on any atom is -0.00367 e. The smallest absolute Gasteiger partial charge is 0.00367 e. The van der Waals surface area contributed by atoms with Gasteiger partial charge in [0, 0.05) is 0 Å². The Labute approximate surface area is 87.3 Å². The van der Waals surface area contributed by atoms with Gasteiger partial charge in [0.15, 0.2) is 0 Å². The Balaban J connectivity index is 2.73. The summed E-state index contributed by atoms with van der Waals surface area (Å²) in [5.41, 5.74) is 8.68. The zero-order valence-corrected chi connectivity index (χ0v) is 9.51. The van der Waals surface area contributed by atoms with E-state index in [4.69, 9.17) is 5.73 Å². The monoisotopic (exact) mass is 191 g/mol. The number of rotatable bonds is 3. The second kappa shape index (κ2) is 4.61. The van der Waals surface area contributed by atoms with Crippen molar-refractivity contribution in [1.82, 2.24) is 0 Å². The Morgan fingerprint density at radius 2 is 1.79 bits per heavy atom. The summed E-state index contributed by atoms with van der Waals surface area (Å²) in [5, 5.41) is 0. The van der Waals surface area contributed by atoms with Crippen LogP contribution in [0, 0.1) is 5.41 Å². The van der Waals surface area contributed by atoms with Crippen LogP contribution in [0.25, 0.3) is 0 Å². The summed E-state index contributed by atoms with van der Waals surface area (Å²) in [7, 11) is 0. The predicted molar refractivity (Wildman–Crippen MR) is 62.4 cm³/mol. The lowest BCUT2D eigenvalue weighted by Gasteiger charge is -2.18. The van der Waals surface area contributed by atoms with Gasteiger partial charge in [0.1, 0.15) is 0 Å². The normalized spacial score (nSPS) is 11.7. The second-order valence-corrected chi connectivity index (χ2v) is 5.10.